The topological polar surface area (TPSA) is 49.4 Å². The highest BCUT2D eigenvalue weighted by Crippen LogP contribution is 2.66. The SMILES string of the molecule is CN1C(=O)CC[C@@]2(C)C1CC[C@@H]1[C@H]2CC[C@]2(C)C(C(=O)NC34CC5CC(CC(C5)C3)C4)CC[C@@H]12. The number of piperidine rings is 1. The predicted molar refractivity (Wildman–Crippen MR) is 133 cm³/mol. The zero-order chi connectivity index (χ0) is 23.5. The normalized spacial score (nSPS) is 55.5. The molecule has 34 heavy (non-hydrogen) atoms. The summed E-state index contributed by atoms with van der Waals surface area (Å²) in [6.45, 7) is 5.00. The molecule has 4 nitrogen and oxygen atoms in total. The van der Waals surface area contributed by atoms with Crippen molar-refractivity contribution in [2.24, 2.45) is 52.3 Å². The number of carbonyl (C=O) groups is 2. The van der Waals surface area contributed by atoms with Gasteiger partial charge in [-0.3, -0.25) is 9.59 Å². The number of nitrogens with one attached hydrogen (secondary N) is 1. The number of likely N-dealkylation sites (tertiary alicyclic amines) is 1. The number of fused-ring (bicyclic) bond motifs is 5. The van der Waals surface area contributed by atoms with E-state index in [-0.39, 0.29) is 22.3 Å². The lowest BCUT2D eigenvalue weighted by Crippen LogP contribution is -2.63. The van der Waals surface area contributed by atoms with Gasteiger partial charge in [-0.25, -0.2) is 0 Å². The van der Waals surface area contributed by atoms with Gasteiger partial charge in [0.1, 0.15) is 0 Å². The number of carbonyl (C=O) groups excluding carboxylic acids is 2. The van der Waals surface area contributed by atoms with Crippen molar-refractivity contribution in [1.29, 1.82) is 0 Å². The molecule has 7 aliphatic carbocycles. The Hall–Kier alpha value is -1.06. The molecule has 0 aromatic rings. The predicted octanol–water partition coefficient (Wildman–Crippen LogP) is 5.55. The van der Waals surface area contributed by atoms with E-state index in [1.165, 1.54) is 64.2 Å². The highest BCUT2D eigenvalue weighted by Gasteiger charge is 2.62. The van der Waals surface area contributed by atoms with E-state index in [0.29, 0.717) is 23.8 Å². The highest BCUT2D eigenvalue weighted by atomic mass is 16.2. The van der Waals surface area contributed by atoms with Gasteiger partial charge in [0.25, 0.3) is 0 Å². The summed E-state index contributed by atoms with van der Waals surface area (Å²) in [6, 6.07) is 0.427. The molecule has 1 aliphatic heterocycles. The molecule has 1 saturated heterocycles. The van der Waals surface area contributed by atoms with Crippen molar-refractivity contribution in [2.75, 3.05) is 7.05 Å². The van der Waals surface area contributed by atoms with E-state index in [0.717, 1.165) is 55.3 Å². The molecule has 1 N–H and O–H groups in total. The van der Waals surface area contributed by atoms with Gasteiger partial charge in [-0.05, 0) is 130 Å². The highest BCUT2D eigenvalue weighted by molar-refractivity contribution is 5.81. The maximum absolute atomic E-state index is 14.0. The smallest absolute Gasteiger partial charge is 0.224 e. The third-order valence-electron chi connectivity index (χ3n) is 13.3. The van der Waals surface area contributed by atoms with Gasteiger partial charge >= 0.3 is 0 Å². The average Bonchev–Trinajstić information content (AvgIpc) is 3.13. The lowest BCUT2D eigenvalue weighted by atomic mass is 9.46. The quantitative estimate of drug-likeness (QED) is 0.580. The number of amides is 2. The Morgan fingerprint density at radius 3 is 2.18 bits per heavy atom. The molecule has 0 aromatic heterocycles. The Labute approximate surface area is 206 Å². The number of rotatable bonds is 2. The molecule has 7 saturated carbocycles. The number of hydrogen-bond acceptors (Lipinski definition) is 2. The van der Waals surface area contributed by atoms with Crippen molar-refractivity contribution in [1.82, 2.24) is 10.2 Å². The van der Waals surface area contributed by atoms with E-state index in [1.54, 1.807) is 0 Å². The van der Waals surface area contributed by atoms with Crippen LogP contribution < -0.4 is 5.32 Å². The van der Waals surface area contributed by atoms with E-state index in [1.807, 2.05) is 0 Å². The monoisotopic (exact) mass is 466 g/mol. The van der Waals surface area contributed by atoms with Crippen molar-refractivity contribution >= 4 is 11.8 Å². The second-order valence-electron chi connectivity index (χ2n) is 14.8. The minimum absolute atomic E-state index is 0.141. The summed E-state index contributed by atoms with van der Waals surface area (Å²) in [7, 11) is 2.05. The van der Waals surface area contributed by atoms with E-state index in [4.69, 9.17) is 0 Å². The van der Waals surface area contributed by atoms with Crippen LogP contribution in [0.4, 0.5) is 0 Å². The van der Waals surface area contributed by atoms with E-state index < -0.39 is 0 Å². The molecule has 8 rings (SSSR count). The summed E-state index contributed by atoms with van der Waals surface area (Å²) in [5.41, 5.74) is 0.585. The Morgan fingerprint density at radius 1 is 0.853 bits per heavy atom. The third kappa shape index (κ3) is 2.95. The van der Waals surface area contributed by atoms with Crippen LogP contribution in [0.3, 0.4) is 0 Å². The Morgan fingerprint density at radius 2 is 1.50 bits per heavy atom. The number of hydrogen-bond donors (Lipinski definition) is 1. The van der Waals surface area contributed by atoms with Crippen LogP contribution in [0, 0.1) is 52.3 Å². The first kappa shape index (κ1) is 22.2. The molecular formula is C30H46N2O2. The van der Waals surface area contributed by atoms with Gasteiger partial charge in [0, 0.05) is 31.0 Å². The number of nitrogens with zero attached hydrogens (tertiary/aromatic N) is 1. The molecule has 7 atom stereocenters. The van der Waals surface area contributed by atoms with E-state index in [2.05, 4.69) is 31.1 Å². The molecule has 8 fully saturated rings. The molecule has 2 unspecified atom stereocenters. The maximum Gasteiger partial charge on any atom is 0.224 e. The van der Waals surface area contributed by atoms with Crippen LogP contribution in [0.2, 0.25) is 0 Å². The summed E-state index contributed by atoms with van der Waals surface area (Å²) in [5.74, 6) is 5.80. The molecule has 0 spiro atoms. The van der Waals surface area contributed by atoms with Crippen LogP contribution in [-0.4, -0.2) is 35.3 Å². The molecule has 4 bridgehead atoms. The molecule has 4 heteroatoms. The van der Waals surface area contributed by atoms with E-state index in [9.17, 15) is 9.59 Å². The zero-order valence-electron chi connectivity index (χ0n) is 21.8. The van der Waals surface area contributed by atoms with Gasteiger partial charge in [0.05, 0.1) is 0 Å². The Bertz CT molecular complexity index is 863. The van der Waals surface area contributed by atoms with Crippen LogP contribution in [0.1, 0.15) is 104 Å². The Balaban J connectivity index is 1.10. The summed E-state index contributed by atoms with van der Waals surface area (Å²) >= 11 is 0. The first-order valence-corrected chi connectivity index (χ1v) is 14.8. The molecule has 0 aromatic carbocycles. The van der Waals surface area contributed by atoms with Gasteiger partial charge in [0.15, 0.2) is 0 Å². The van der Waals surface area contributed by atoms with Crippen LogP contribution in [0.25, 0.3) is 0 Å². The summed E-state index contributed by atoms with van der Waals surface area (Å²) in [6.07, 6.45) is 17.1. The molecule has 0 radical (unpaired) electrons. The molecule has 188 valence electrons. The fourth-order valence-corrected chi connectivity index (χ4v) is 12.2. The molecule has 2 amide bonds. The second-order valence-corrected chi connectivity index (χ2v) is 14.8. The van der Waals surface area contributed by atoms with Crippen LogP contribution in [0.15, 0.2) is 0 Å². The fourth-order valence-electron chi connectivity index (χ4n) is 12.2. The third-order valence-corrected chi connectivity index (χ3v) is 13.3. The lowest BCUT2D eigenvalue weighted by molar-refractivity contribution is -0.160. The maximum atomic E-state index is 14.0. The molecular weight excluding hydrogens is 420 g/mol. The van der Waals surface area contributed by atoms with Crippen LogP contribution in [-0.2, 0) is 9.59 Å². The first-order chi connectivity index (χ1) is 16.2. The molecule has 1 heterocycles. The summed E-state index contributed by atoms with van der Waals surface area (Å²) in [5, 5.41) is 3.78. The largest absolute Gasteiger partial charge is 0.350 e. The second kappa shape index (κ2) is 7.25. The van der Waals surface area contributed by atoms with Gasteiger partial charge in [-0.15, -0.1) is 0 Å². The van der Waals surface area contributed by atoms with E-state index >= 15 is 0 Å². The first-order valence-electron chi connectivity index (χ1n) is 14.8. The Kier molecular flexibility index (Phi) is 4.73. The minimum Gasteiger partial charge on any atom is -0.350 e. The standard InChI is InChI=1S/C30H46N2O2/c1-28-10-8-23-21(4-7-25-29(23,2)11-9-26(33)32(25)3)22(28)5-6-24(28)27(34)31-30-15-18-12-19(16-30)14-20(13-18)17-30/h18-25H,4-17H2,1-3H3,(H,31,34)/t18?,19?,20?,21-,22-,23+,24?,25?,28-,29+,30?/m0/s1. The van der Waals surface area contributed by atoms with Crippen molar-refractivity contribution < 1.29 is 9.59 Å². The lowest BCUT2D eigenvalue weighted by Gasteiger charge is -2.62. The van der Waals surface area contributed by atoms with Crippen LogP contribution >= 0.6 is 0 Å². The zero-order valence-corrected chi connectivity index (χ0v) is 21.8. The van der Waals surface area contributed by atoms with Gasteiger partial charge in [-0.2, -0.15) is 0 Å². The van der Waals surface area contributed by atoms with Crippen molar-refractivity contribution in [3.8, 4) is 0 Å². The molecule has 8 aliphatic rings. The summed E-state index contributed by atoms with van der Waals surface area (Å²) in [4.78, 5) is 28.5. The summed E-state index contributed by atoms with van der Waals surface area (Å²) < 4.78 is 0. The van der Waals surface area contributed by atoms with Crippen molar-refractivity contribution in [3.05, 3.63) is 0 Å². The fraction of sp³-hybridized carbons (Fsp3) is 0.933. The van der Waals surface area contributed by atoms with Crippen molar-refractivity contribution in [3.63, 3.8) is 0 Å². The average molecular weight is 467 g/mol. The van der Waals surface area contributed by atoms with Gasteiger partial charge in [0.2, 0.25) is 11.8 Å². The van der Waals surface area contributed by atoms with Gasteiger partial charge in [-0.1, -0.05) is 13.8 Å². The minimum atomic E-state index is 0.141. The van der Waals surface area contributed by atoms with Gasteiger partial charge < -0.3 is 10.2 Å². The van der Waals surface area contributed by atoms with Crippen molar-refractivity contribution in [2.45, 2.75) is 115 Å². The van der Waals surface area contributed by atoms with Crippen LogP contribution in [0.5, 0.6) is 0 Å².